The van der Waals surface area contributed by atoms with E-state index in [9.17, 15) is 0 Å². The quantitative estimate of drug-likeness (QED) is 0.854. The second-order valence-electron chi connectivity index (χ2n) is 4.23. The Bertz CT molecular complexity index is 627. The second kappa shape index (κ2) is 5.12. The maximum absolute atomic E-state index is 8.89. The summed E-state index contributed by atoms with van der Waals surface area (Å²) >= 11 is 5.98. The van der Waals surface area contributed by atoms with E-state index in [4.69, 9.17) is 16.9 Å². The molecule has 0 aliphatic carbocycles. The van der Waals surface area contributed by atoms with Crippen LogP contribution < -0.4 is 5.32 Å². The highest BCUT2D eigenvalue weighted by Gasteiger charge is 2.02. The molecule has 2 nitrogen and oxygen atoms in total. The number of hydrogen-bond acceptors (Lipinski definition) is 2. The molecule has 2 rings (SSSR count). The van der Waals surface area contributed by atoms with Crippen LogP contribution in [0.4, 0.5) is 11.4 Å². The largest absolute Gasteiger partial charge is 0.355 e. The predicted octanol–water partition coefficient (Wildman–Crippen LogP) is 4.57. The lowest BCUT2D eigenvalue weighted by atomic mass is 10.1. The van der Waals surface area contributed by atoms with E-state index in [1.165, 1.54) is 0 Å². The fourth-order valence-corrected chi connectivity index (χ4v) is 1.92. The Kier molecular flexibility index (Phi) is 3.55. The van der Waals surface area contributed by atoms with E-state index in [2.05, 4.69) is 11.4 Å². The number of nitrogens with zero attached hydrogens (tertiary/aromatic N) is 1. The normalized spacial score (nSPS) is 9.89. The number of aryl methyl sites for hydroxylation is 2. The predicted molar refractivity (Wildman–Crippen MR) is 75.4 cm³/mol. The van der Waals surface area contributed by atoms with Gasteiger partial charge in [0, 0.05) is 16.4 Å². The second-order valence-corrected chi connectivity index (χ2v) is 4.66. The van der Waals surface area contributed by atoms with Gasteiger partial charge in [0.25, 0.3) is 0 Å². The fourth-order valence-electron chi connectivity index (χ4n) is 1.75. The summed E-state index contributed by atoms with van der Waals surface area (Å²) in [5.41, 5.74) is 4.72. The molecule has 0 saturated heterocycles. The molecule has 0 fully saturated rings. The van der Waals surface area contributed by atoms with Crippen molar-refractivity contribution in [3.8, 4) is 6.07 Å². The zero-order valence-electron chi connectivity index (χ0n) is 10.3. The SMILES string of the molecule is Cc1cc(Nc2cc(Cl)ccc2C)ccc1C#N. The van der Waals surface area contributed by atoms with Gasteiger partial charge in [-0.1, -0.05) is 17.7 Å². The number of rotatable bonds is 2. The first-order chi connectivity index (χ1) is 8.60. The Morgan fingerprint density at radius 3 is 2.50 bits per heavy atom. The lowest BCUT2D eigenvalue weighted by molar-refractivity contribution is 1.37. The van der Waals surface area contributed by atoms with Gasteiger partial charge in [-0.3, -0.25) is 0 Å². The molecule has 0 bridgehead atoms. The molecular formula is C15H13ClN2. The Hall–Kier alpha value is -1.98. The minimum absolute atomic E-state index is 0.698. The third-order valence-electron chi connectivity index (χ3n) is 2.83. The van der Waals surface area contributed by atoms with Gasteiger partial charge in [-0.15, -0.1) is 0 Å². The van der Waals surface area contributed by atoms with Crippen LogP contribution in [0, 0.1) is 25.2 Å². The molecule has 0 atom stereocenters. The first-order valence-corrected chi connectivity index (χ1v) is 6.02. The molecule has 0 aliphatic rings. The summed E-state index contributed by atoms with van der Waals surface area (Å²) in [4.78, 5) is 0. The van der Waals surface area contributed by atoms with Crippen LogP contribution in [0.25, 0.3) is 0 Å². The smallest absolute Gasteiger partial charge is 0.0994 e. The van der Waals surface area contributed by atoms with Gasteiger partial charge < -0.3 is 5.32 Å². The van der Waals surface area contributed by atoms with Gasteiger partial charge in [-0.25, -0.2) is 0 Å². The first-order valence-electron chi connectivity index (χ1n) is 5.64. The molecule has 0 aliphatic heterocycles. The topological polar surface area (TPSA) is 35.8 Å². The number of nitriles is 1. The molecule has 0 spiro atoms. The monoisotopic (exact) mass is 256 g/mol. The van der Waals surface area contributed by atoms with E-state index >= 15 is 0 Å². The van der Waals surface area contributed by atoms with Crippen LogP contribution in [-0.2, 0) is 0 Å². The van der Waals surface area contributed by atoms with E-state index in [-0.39, 0.29) is 0 Å². The highest BCUT2D eigenvalue weighted by atomic mass is 35.5. The fraction of sp³-hybridized carbons (Fsp3) is 0.133. The summed E-state index contributed by atoms with van der Waals surface area (Å²) in [5.74, 6) is 0. The molecule has 0 aromatic heterocycles. The van der Waals surface area contributed by atoms with Crippen molar-refractivity contribution >= 4 is 23.0 Å². The molecule has 0 radical (unpaired) electrons. The number of halogens is 1. The van der Waals surface area contributed by atoms with Gasteiger partial charge >= 0.3 is 0 Å². The Labute approximate surface area is 112 Å². The lowest BCUT2D eigenvalue weighted by Gasteiger charge is -2.11. The number of anilines is 2. The highest BCUT2D eigenvalue weighted by Crippen LogP contribution is 2.25. The zero-order chi connectivity index (χ0) is 13.1. The van der Waals surface area contributed by atoms with Gasteiger partial charge in [0.15, 0.2) is 0 Å². The van der Waals surface area contributed by atoms with E-state index in [0.717, 1.165) is 22.5 Å². The van der Waals surface area contributed by atoms with Crippen molar-refractivity contribution in [1.82, 2.24) is 0 Å². The molecule has 0 heterocycles. The minimum atomic E-state index is 0.698. The summed E-state index contributed by atoms with van der Waals surface area (Å²) in [5, 5.41) is 12.9. The van der Waals surface area contributed by atoms with Gasteiger partial charge in [0.2, 0.25) is 0 Å². The lowest BCUT2D eigenvalue weighted by Crippen LogP contribution is -1.94. The average Bonchev–Trinajstić information content (AvgIpc) is 2.34. The van der Waals surface area contributed by atoms with Crippen molar-refractivity contribution in [1.29, 1.82) is 5.26 Å². The third kappa shape index (κ3) is 2.64. The molecule has 0 amide bonds. The summed E-state index contributed by atoms with van der Waals surface area (Å²) in [6.45, 7) is 3.95. The summed E-state index contributed by atoms with van der Waals surface area (Å²) in [6, 6.07) is 13.6. The molecule has 90 valence electrons. The van der Waals surface area contributed by atoms with Crippen molar-refractivity contribution in [2.45, 2.75) is 13.8 Å². The first kappa shape index (κ1) is 12.5. The number of hydrogen-bond donors (Lipinski definition) is 1. The molecule has 0 unspecified atom stereocenters. The third-order valence-corrected chi connectivity index (χ3v) is 3.06. The average molecular weight is 257 g/mol. The van der Waals surface area contributed by atoms with Crippen molar-refractivity contribution in [3.63, 3.8) is 0 Å². The van der Waals surface area contributed by atoms with Gasteiger partial charge in [0.05, 0.1) is 11.6 Å². The van der Waals surface area contributed by atoms with E-state index < -0.39 is 0 Å². The van der Waals surface area contributed by atoms with Gasteiger partial charge in [-0.2, -0.15) is 5.26 Å². The standard InChI is InChI=1S/C15H13ClN2/c1-10-3-5-13(16)8-15(10)18-14-6-4-12(9-17)11(2)7-14/h3-8,18H,1-2H3. The van der Waals surface area contributed by atoms with Crippen molar-refractivity contribution < 1.29 is 0 Å². The van der Waals surface area contributed by atoms with Crippen molar-refractivity contribution in [2.24, 2.45) is 0 Å². The van der Waals surface area contributed by atoms with Crippen LogP contribution in [0.5, 0.6) is 0 Å². The molecule has 18 heavy (non-hydrogen) atoms. The summed E-state index contributed by atoms with van der Waals surface area (Å²) < 4.78 is 0. The molecule has 2 aromatic carbocycles. The Morgan fingerprint density at radius 1 is 1.06 bits per heavy atom. The van der Waals surface area contributed by atoms with E-state index in [1.807, 2.05) is 50.2 Å². The molecule has 3 heteroatoms. The number of nitrogens with one attached hydrogen (secondary N) is 1. The number of benzene rings is 2. The van der Waals surface area contributed by atoms with Crippen molar-refractivity contribution in [2.75, 3.05) is 5.32 Å². The molecular weight excluding hydrogens is 244 g/mol. The van der Waals surface area contributed by atoms with E-state index in [0.29, 0.717) is 10.6 Å². The summed E-state index contributed by atoms with van der Waals surface area (Å²) in [7, 11) is 0. The van der Waals surface area contributed by atoms with Crippen LogP contribution in [0.1, 0.15) is 16.7 Å². The summed E-state index contributed by atoms with van der Waals surface area (Å²) in [6.07, 6.45) is 0. The molecule has 2 aromatic rings. The molecule has 0 saturated carbocycles. The zero-order valence-corrected chi connectivity index (χ0v) is 11.0. The van der Waals surface area contributed by atoms with Gasteiger partial charge in [0.1, 0.15) is 0 Å². The van der Waals surface area contributed by atoms with Crippen LogP contribution in [0.15, 0.2) is 36.4 Å². The van der Waals surface area contributed by atoms with Crippen LogP contribution in [-0.4, -0.2) is 0 Å². The van der Waals surface area contributed by atoms with E-state index in [1.54, 1.807) is 0 Å². The minimum Gasteiger partial charge on any atom is -0.355 e. The van der Waals surface area contributed by atoms with Gasteiger partial charge in [-0.05, 0) is 55.3 Å². The van der Waals surface area contributed by atoms with Crippen LogP contribution >= 0.6 is 11.6 Å². The Morgan fingerprint density at radius 2 is 1.83 bits per heavy atom. The highest BCUT2D eigenvalue weighted by molar-refractivity contribution is 6.30. The van der Waals surface area contributed by atoms with Crippen LogP contribution in [0.2, 0.25) is 5.02 Å². The molecule has 1 N–H and O–H groups in total. The maximum atomic E-state index is 8.89. The maximum Gasteiger partial charge on any atom is 0.0994 e. The van der Waals surface area contributed by atoms with Crippen molar-refractivity contribution in [3.05, 3.63) is 58.1 Å². The van der Waals surface area contributed by atoms with Crippen LogP contribution in [0.3, 0.4) is 0 Å². The Balaban J connectivity index is 2.32.